The van der Waals surface area contributed by atoms with E-state index in [1.807, 2.05) is 38.1 Å². The fraction of sp³-hybridized carbons (Fsp3) is 0.176. The van der Waals surface area contributed by atoms with E-state index in [9.17, 15) is 4.79 Å². The Kier molecular flexibility index (Phi) is 5.58. The van der Waals surface area contributed by atoms with Crippen molar-refractivity contribution in [1.82, 2.24) is 5.43 Å². The van der Waals surface area contributed by atoms with Crippen LogP contribution in [0.5, 0.6) is 0 Å². The van der Waals surface area contributed by atoms with E-state index in [1.54, 1.807) is 12.1 Å². The van der Waals surface area contributed by atoms with Gasteiger partial charge in [-0.05, 0) is 37.1 Å². The van der Waals surface area contributed by atoms with Crippen LogP contribution in [0.25, 0.3) is 0 Å². The Morgan fingerprint density at radius 3 is 2.27 bits per heavy atom. The molecule has 2 rings (SSSR count). The van der Waals surface area contributed by atoms with Crippen molar-refractivity contribution in [3.05, 3.63) is 69.2 Å². The van der Waals surface area contributed by atoms with Crippen LogP contribution >= 0.6 is 23.2 Å². The van der Waals surface area contributed by atoms with Crippen LogP contribution in [0, 0.1) is 6.92 Å². The van der Waals surface area contributed by atoms with E-state index in [0.717, 1.165) is 11.3 Å². The van der Waals surface area contributed by atoms with Gasteiger partial charge in [0.15, 0.2) is 0 Å². The molecule has 0 atom stereocenters. The maximum absolute atomic E-state index is 12.1. The van der Waals surface area contributed by atoms with Gasteiger partial charge in [0.2, 0.25) is 0 Å². The van der Waals surface area contributed by atoms with Crippen LogP contribution < -0.4 is 5.43 Å². The molecule has 1 amide bonds. The van der Waals surface area contributed by atoms with Crippen molar-refractivity contribution in [1.29, 1.82) is 0 Å². The summed E-state index contributed by atoms with van der Waals surface area (Å²) in [5, 5.41) is 4.96. The lowest BCUT2D eigenvalue weighted by molar-refractivity contribution is 0.0955. The van der Waals surface area contributed by atoms with Gasteiger partial charge in [0.25, 0.3) is 5.91 Å². The first kappa shape index (κ1) is 16.5. The number of halogens is 2. The predicted octanol–water partition coefficient (Wildman–Crippen LogP) is 4.85. The number of rotatable bonds is 4. The highest BCUT2D eigenvalue weighted by Gasteiger charge is 2.08. The number of carbonyl (C=O) groups is 1. The second-order valence-electron chi connectivity index (χ2n) is 4.85. The minimum Gasteiger partial charge on any atom is -0.267 e. The molecular weight excluding hydrogens is 319 g/mol. The Bertz CT molecular complexity index is 709. The monoisotopic (exact) mass is 334 g/mol. The molecule has 0 spiro atoms. The fourth-order valence-corrected chi connectivity index (χ4v) is 2.21. The van der Waals surface area contributed by atoms with Gasteiger partial charge in [0.05, 0.1) is 15.8 Å². The standard InChI is InChI=1S/C17H16Cl2N2O/c1-3-16(12-6-4-11(2)5-7-12)20-21-17(22)13-8-9-14(18)15(19)10-13/h4-10H,3H2,1-2H3,(H,21,22). The first-order chi connectivity index (χ1) is 10.5. The first-order valence-electron chi connectivity index (χ1n) is 6.90. The van der Waals surface area contributed by atoms with Crippen LogP contribution in [-0.2, 0) is 0 Å². The molecule has 22 heavy (non-hydrogen) atoms. The van der Waals surface area contributed by atoms with Crippen LogP contribution in [0.1, 0.15) is 34.8 Å². The number of amides is 1. The van der Waals surface area contributed by atoms with E-state index in [-0.39, 0.29) is 5.91 Å². The van der Waals surface area contributed by atoms with Gasteiger partial charge in [0, 0.05) is 5.56 Å². The summed E-state index contributed by atoms with van der Waals surface area (Å²) in [7, 11) is 0. The van der Waals surface area contributed by atoms with E-state index in [0.29, 0.717) is 22.0 Å². The molecule has 5 heteroatoms. The SMILES string of the molecule is CCC(=NNC(=O)c1ccc(Cl)c(Cl)c1)c1ccc(C)cc1. The van der Waals surface area contributed by atoms with Gasteiger partial charge in [-0.25, -0.2) is 5.43 Å². The van der Waals surface area contributed by atoms with Gasteiger partial charge in [-0.15, -0.1) is 0 Å². The molecule has 0 aliphatic carbocycles. The van der Waals surface area contributed by atoms with Crippen LogP contribution in [0.2, 0.25) is 10.0 Å². The number of hydrazone groups is 1. The predicted molar refractivity (Wildman–Crippen MR) is 91.9 cm³/mol. The van der Waals surface area contributed by atoms with Crippen molar-refractivity contribution in [2.24, 2.45) is 5.10 Å². The van der Waals surface area contributed by atoms with Crippen molar-refractivity contribution in [3.63, 3.8) is 0 Å². The molecule has 0 heterocycles. The second kappa shape index (κ2) is 7.43. The highest BCUT2D eigenvalue weighted by Crippen LogP contribution is 2.22. The van der Waals surface area contributed by atoms with Crippen molar-refractivity contribution in [2.45, 2.75) is 20.3 Å². The quantitative estimate of drug-likeness (QED) is 0.630. The largest absolute Gasteiger partial charge is 0.271 e. The normalized spacial score (nSPS) is 11.4. The van der Waals surface area contributed by atoms with E-state index in [2.05, 4.69) is 10.5 Å². The summed E-state index contributed by atoms with van der Waals surface area (Å²) < 4.78 is 0. The highest BCUT2D eigenvalue weighted by molar-refractivity contribution is 6.42. The zero-order valence-corrected chi connectivity index (χ0v) is 13.9. The molecule has 0 aromatic heterocycles. The van der Waals surface area contributed by atoms with Crippen molar-refractivity contribution in [2.75, 3.05) is 0 Å². The van der Waals surface area contributed by atoms with Gasteiger partial charge in [-0.1, -0.05) is 60.0 Å². The summed E-state index contributed by atoms with van der Waals surface area (Å²) in [5.74, 6) is -0.323. The minimum absolute atomic E-state index is 0.323. The molecule has 0 aliphatic rings. The summed E-state index contributed by atoms with van der Waals surface area (Å²) in [6, 6.07) is 12.7. The summed E-state index contributed by atoms with van der Waals surface area (Å²) in [6.07, 6.45) is 0.713. The van der Waals surface area contributed by atoms with Gasteiger partial charge < -0.3 is 0 Å². The van der Waals surface area contributed by atoms with Gasteiger partial charge >= 0.3 is 0 Å². The number of hydrogen-bond acceptors (Lipinski definition) is 2. The number of aryl methyl sites for hydroxylation is 1. The number of nitrogens with zero attached hydrogens (tertiary/aromatic N) is 1. The Balaban J connectivity index is 2.15. The Morgan fingerprint density at radius 1 is 1.05 bits per heavy atom. The average molecular weight is 335 g/mol. The van der Waals surface area contributed by atoms with Gasteiger partial charge in [0.1, 0.15) is 0 Å². The number of nitrogens with one attached hydrogen (secondary N) is 1. The van der Waals surface area contributed by atoms with E-state index in [1.165, 1.54) is 11.6 Å². The summed E-state index contributed by atoms with van der Waals surface area (Å²) in [6.45, 7) is 4.02. The molecule has 0 aliphatic heterocycles. The van der Waals surface area contributed by atoms with E-state index < -0.39 is 0 Å². The third kappa shape index (κ3) is 4.09. The Hall–Kier alpha value is -1.84. The molecule has 0 radical (unpaired) electrons. The average Bonchev–Trinajstić information content (AvgIpc) is 2.52. The highest BCUT2D eigenvalue weighted by atomic mass is 35.5. The van der Waals surface area contributed by atoms with Gasteiger partial charge in [-0.3, -0.25) is 4.79 Å². The third-order valence-electron chi connectivity index (χ3n) is 3.19. The molecule has 1 N–H and O–H groups in total. The minimum atomic E-state index is -0.323. The van der Waals surface area contributed by atoms with Crippen molar-refractivity contribution in [3.8, 4) is 0 Å². The molecular formula is C17H16Cl2N2O. The topological polar surface area (TPSA) is 41.5 Å². The van der Waals surface area contributed by atoms with Gasteiger partial charge in [-0.2, -0.15) is 5.10 Å². The molecule has 0 unspecified atom stereocenters. The number of hydrogen-bond donors (Lipinski definition) is 1. The number of benzene rings is 2. The fourth-order valence-electron chi connectivity index (χ4n) is 1.91. The maximum Gasteiger partial charge on any atom is 0.271 e. The summed E-state index contributed by atoms with van der Waals surface area (Å²) >= 11 is 11.7. The zero-order valence-electron chi connectivity index (χ0n) is 12.4. The van der Waals surface area contributed by atoms with Crippen molar-refractivity contribution >= 4 is 34.8 Å². The molecule has 114 valence electrons. The second-order valence-corrected chi connectivity index (χ2v) is 5.66. The first-order valence-corrected chi connectivity index (χ1v) is 7.66. The van der Waals surface area contributed by atoms with E-state index in [4.69, 9.17) is 23.2 Å². The molecule has 2 aromatic rings. The zero-order chi connectivity index (χ0) is 16.1. The van der Waals surface area contributed by atoms with Crippen LogP contribution in [0.3, 0.4) is 0 Å². The number of carbonyl (C=O) groups excluding carboxylic acids is 1. The smallest absolute Gasteiger partial charge is 0.267 e. The molecule has 0 fully saturated rings. The van der Waals surface area contributed by atoms with Crippen LogP contribution in [0.4, 0.5) is 0 Å². The van der Waals surface area contributed by atoms with Crippen LogP contribution in [-0.4, -0.2) is 11.6 Å². The molecule has 0 saturated carbocycles. The lowest BCUT2D eigenvalue weighted by Gasteiger charge is -2.06. The molecule has 2 aromatic carbocycles. The molecule has 0 saturated heterocycles. The maximum atomic E-state index is 12.1. The van der Waals surface area contributed by atoms with E-state index >= 15 is 0 Å². The van der Waals surface area contributed by atoms with Crippen LogP contribution in [0.15, 0.2) is 47.6 Å². The molecule has 0 bridgehead atoms. The molecule has 3 nitrogen and oxygen atoms in total. The summed E-state index contributed by atoms with van der Waals surface area (Å²) in [4.78, 5) is 12.1. The lowest BCUT2D eigenvalue weighted by atomic mass is 10.1. The van der Waals surface area contributed by atoms with Crippen molar-refractivity contribution < 1.29 is 4.79 Å². The summed E-state index contributed by atoms with van der Waals surface area (Å²) in [5.41, 5.74) is 5.95. The third-order valence-corrected chi connectivity index (χ3v) is 3.93. The lowest BCUT2D eigenvalue weighted by Crippen LogP contribution is -2.20. The Labute approximate surface area is 139 Å². The Morgan fingerprint density at radius 2 is 1.68 bits per heavy atom.